The zero-order valence-corrected chi connectivity index (χ0v) is 16.0. The first-order valence-electron chi connectivity index (χ1n) is 8.18. The number of amides is 1. The highest BCUT2D eigenvalue weighted by Crippen LogP contribution is 2.21. The van der Waals surface area contributed by atoms with E-state index in [9.17, 15) is 17.6 Å². The van der Waals surface area contributed by atoms with Gasteiger partial charge in [0.05, 0.1) is 10.5 Å². The fourth-order valence-corrected chi connectivity index (χ4v) is 3.95. The monoisotopic (exact) mass is 409 g/mol. The minimum atomic E-state index is -3.83. The first-order chi connectivity index (χ1) is 12.8. The Hall–Kier alpha value is -2.45. The van der Waals surface area contributed by atoms with Crippen molar-refractivity contribution in [3.63, 3.8) is 0 Å². The summed E-state index contributed by atoms with van der Waals surface area (Å²) in [6.45, 7) is 0.777. The molecule has 142 valence electrons. The molecule has 27 heavy (non-hydrogen) atoms. The van der Waals surface area contributed by atoms with Crippen LogP contribution in [0.3, 0.4) is 0 Å². The Morgan fingerprint density at radius 1 is 1.22 bits per heavy atom. The van der Waals surface area contributed by atoms with Crippen LogP contribution in [-0.4, -0.2) is 38.7 Å². The van der Waals surface area contributed by atoms with Crippen LogP contribution in [0.4, 0.5) is 10.1 Å². The molecular weight excluding hydrogens is 393 g/mol. The van der Waals surface area contributed by atoms with E-state index in [1.165, 1.54) is 36.4 Å². The summed E-state index contributed by atoms with van der Waals surface area (Å²) in [5, 5.41) is 2.74. The smallest absolute Gasteiger partial charge is 0.283 e. The van der Waals surface area contributed by atoms with Gasteiger partial charge in [0, 0.05) is 30.7 Å². The van der Waals surface area contributed by atoms with Gasteiger partial charge in [-0.2, -0.15) is 8.42 Å². The van der Waals surface area contributed by atoms with Crippen LogP contribution in [0.1, 0.15) is 23.2 Å². The summed E-state index contributed by atoms with van der Waals surface area (Å²) >= 11 is 5.79. The van der Waals surface area contributed by atoms with Crippen molar-refractivity contribution < 1.29 is 17.6 Å². The summed E-state index contributed by atoms with van der Waals surface area (Å²) in [6.07, 6.45) is 1.49. The lowest BCUT2D eigenvalue weighted by molar-refractivity contribution is 0.102. The molecule has 1 heterocycles. The number of rotatable bonds is 4. The second-order valence-electron chi connectivity index (χ2n) is 6.11. The summed E-state index contributed by atoms with van der Waals surface area (Å²) in [7, 11) is -2.03. The predicted molar refractivity (Wildman–Crippen MR) is 102 cm³/mol. The van der Waals surface area contributed by atoms with Gasteiger partial charge >= 0.3 is 0 Å². The normalized spacial score (nSPS) is 16.0. The molecule has 3 rings (SSSR count). The molecule has 1 aliphatic heterocycles. The van der Waals surface area contributed by atoms with Crippen molar-refractivity contribution >= 4 is 39.1 Å². The number of nitrogens with one attached hydrogen (secondary N) is 1. The van der Waals surface area contributed by atoms with Crippen LogP contribution >= 0.6 is 11.6 Å². The fourth-order valence-electron chi connectivity index (χ4n) is 2.68. The molecule has 0 unspecified atom stereocenters. The summed E-state index contributed by atoms with van der Waals surface area (Å²) < 4.78 is 42.4. The highest BCUT2D eigenvalue weighted by molar-refractivity contribution is 7.90. The predicted octanol–water partition coefficient (Wildman–Crippen LogP) is 3.54. The van der Waals surface area contributed by atoms with Crippen molar-refractivity contribution in [3.8, 4) is 0 Å². The van der Waals surface area contributed by atoms with Crippen molar-refractivity contribution in [1.82, 2.24) is 4.90 Å². The van der Waals surface area contributed by atoms with E-state index in [0.717, 1.165) is 19.0 Å². The molecule has 9 heteroatoms. The minimum Gasteiger partial charge on any atom is -0.362 e. The van der Waals surface area contributed by atoms with Crippen molar-refractivity contribution in [2.24, 2.45) is 4.40 Å². The number of nitrogens with zero attached hydrogens (tertiary/aromatic N) is 2. The van der Waals surface area contributed by atoms with Gasteiger partial charge < -0.3 is 10.2 Å². The zero-order chi connectivity index (χ0) is 19.6. The third-order valence-corrected chi connectivity index (χ3v) is 5.70. The molecule has 2 aromatic rings. The lowest BCUT2D eigenvalue weighted by atomic mass is 10.2. The fraction of sp³-hybridized carbons (Fsp3) is 0.222. The Bertz CT molecular complexity index is 1010. The van der Waals surface area contributed by atoms with Gasteiger partial charge in [0.2, 0.25) is 0 Å². The molecule has 0 spiro atoms. The number of hydrogen-bond donors (Lipinski definition) is 1. The van der Waals surface area contributed by atoms with Gasteiger partial charge in [-0.3, -0.25) is 4.79 Å². The summed E-state index contributed by atoms with van der Waals surface area (Å²) in [5.74, 6) is -0.852. The molecule has 2 aromatic carbocycles. The molecule has 0 bridgehead atoms. The number of hydrogen-bond acceptors (Lipinski definition) is 3. The molecule has 1 N–H and O–H groups in total. The second kappa shape index (κ2) is 7.66. The number of amidine groups is 1. The minimum absolute atomic E-state index is 0.0160. The molecule has 1 saturated heterocycles. The lowest BCUT2D eigenvalue weighted by Gasteiger charge is -2.11. The molecular formula is C18H17ClFN3O3S. The molecule has 0 radical (unpaired) electrons. The van der Waals surface area contributed by atoms with E-state index in [1.807, 2.05) is 4.90 Å². The first kappa shape index (κ1) is 19.3. The Morgan fingerprint density at radius 3 is 2.56 bits per heavy atom. The topological polar surface area (TPSA) is 78.8 Å². The standard InChI is InChI=1S/C18H17ClFN3O3S/c1-23-10-2-3-17(23)22-27(25,26)14-7-5-13(6-8-14)21-18(24)15-11-12(19)4-9-16(15)20/h4-9,11H,2-3,10H2,1H3,(H,21,24). The average molecular weight is 410 g/mol. The molecule has 1 amide bonds. The van der Waals surface area contributed by atoms with Gasteiger partial charge in [-0.15, -0.1) is 4.40 Å². The lowest BCUT2D eigenvalue weighted by Crippen LogP contribution is -2.20. The highest BCUT2D eigenvalue weighted by Gasteiger charge is 2.20. The van der Waals surface area contributed by atoms with Crippen molar-refractivity contribution in [2.75, 3.05) is 18.9 Å². The van der Waals surface area contributed by atoms with Gasteiger partial charge in [0.1, 0.15) is 11.7 Å². The third kappa shape index (κ3) is 4.45. The van der Waals surface area contributed by atoms with E-state index in [2.05, 4.69) is 9.71 Å². The zero-order valence-electron chi connectivity index (χ0n) is 14.4. The van der Waals surface area contributed by atoms with Crippen LogP contribution in [0, 0.1) is 5.82 Å². The molecule has 1 fully saturated rings. The largest absolute Gasteiger partial charge is 0.362 e. The van der Waals surface area contributed by atoms with Crippen LogP contribution in [0.5, 0.6) is 0 Å². The van der Waals surface area contributed by atoms with Crippen molar-refractivity contribution in [3.05, 3.63) is 58.9 Å². The van der Waals surface area contributed by atoms with E-state index in [4.69, 9.17) is 11.6 Å². The number of likely N-dealkylation sites (tertiary alicyclic amines) is 1. The van der Waals surface area contributed by atoms with Crippen LogP contribution in [-0.2, 0) is 10.0 Å². The maximum absolute atomic E-state index is 13.8. The summed E-state index contributed by atoms with van der Waals surface area (Å²) in [5.41, 5.74) is 0.124. The highest BCUT2D eigenvalue weighted by atomic mass is 35.5. The molecule has 0 aromatic heterocycles. The van der Waals surface area contributed by atoms with Gasteiger partial charge in [0.25, 0.3) is 15.9 Å². The number of halogens is 2. The number of carbonyl (C=O) groups excluding carboxylic acids is 1. The van der Waals surface area contributed by atoms with Gasteiger partial charge in [-0.25, -0.2) is 4.39 Å². The SMILES string of the molecule is CN1CCCC1=NS(=O)(=O)c1ccc(NC(=O)c2cc(Cl)ccc2F)cc1. The molecule has 0 saturated carbocycles. The van der Waals surface area contributed by atoms with Crippen LogP contribution < -0.4 is 5.32 Å². The molecule has 6 nitrogen and oxygen atoms in total. The van der Waals surface area contributed by atoms with E-state index >= 15 is 0 Å². The maximum Gasteiger partial charge on any atom is 0.283 e. The van der Waals surface area contributed by atoms with Crippen LogP contribution in [0.15, 0.2) is 51.8 Å². The first-order valence-corrected chi connectivity index (χ1v) is 9.99. The van der Waals surface area contributed by atoms with E-state index < -0.39 is 21.7 Å². The van der Waals surface area contributed by atoms with Crippen molar-refractivity contribution in [1.29, 1.82) is 0 Å². The third-order valence-electron chi connectivity index (χ3n) is 4.14. The Morgan fingerprint density at radius 2 is 1.93 bits per heavy atom. The van der Waals surface area contributed by atoms with Gasteiger partial charge in [-0.05, 0) is 48.9 Å². The van der Waals surface area contributed by atoms with Crippen LogP contribution in [0.25, 0.3) is 0 Å². The Labute approximate surface area is 161 Å². The van der Waals surface area contributed by atoms with Crippen molar-refractivity contribution in [2.45, 2.75) is 17.7 Å². The summed E-state index contributed by atoms with van der Waals surface area (Å²) in [6, 6.07) is 9.20. The number of carbonyl (C=O) groups is 1. The average Bonchev–Trinajstić information content (AvgIpc) is 3.01. The number of sulfonamides is 1. The Kier molecular flexibility index (Phi) is 5.48. The van der Waals surface area contributed by atoms with Gasteiger partial charge in [-0.1, -0.05) is 11.6 Å². The molecule has 0 aliphatic carbocycles. The number of benzene rings is 2. The second-order valence-corrected chi connectivity index (χ2v) is 8.15. The maximum atomic E-state index is 13.8. The molecule has 0 atom stereocenters. The quantitative estimate of drug-likeness (QED) is 0.837. The number of anilines is 1. The summed E-state index contributed by atoms with van der Waals surface area (Å²) in [4.78, 5) is 14.0. The van der Waals surface area contributed by atoms with Gasteiger partial charge in [0.15, 0.2) is 0 Å². The van der Waals surface area contributed by atoms with Crippen LogP contribution in [0.2, 0.25) is 5.02 Å². The molecule has 1 aliphatic rings. The Balaban J connectivity index is 1.77. The van der Waals surface area contributed by atoms with E-state index in [-0.39, 0.29) is 15.5 Å². The van der Waals surface area contributed by atoms with E-state index in [0.29, 0.717) is 17.9 Å². The van der Waals surface area contributed by atoms with E-state index in [1.54, 1.807) is 7.05 Å².